The minimum atomic E-state index is -0.151. The van der Waals surface area contributed by atoms with Gasteiger partial charge in [-0.2, -0.15) is 0 Å². The highest BCUT2D eigenvalue weighted by Gasteiger charge is 2.61. The van der Waals surface area contributed by atoms with Gasteiger partial charge in [0.15, 0.2) is 0 Å². The second kappa shape index (κ2) is 5.75. The summed E-state index contributed by atoms with van der Waals surface area (Å²) in [6, 6.07) is 0. The average Bonchev–Trinajstić information content (AvgIpc) is 2.89. The number of ketones is 1. The Balaban J connectivity index is 1.72. The fourth-order valence-corrected chi connectivity index (χ4v) is 6.61. The molecular formula is C18H27IO3. The lowest BCUT2D eigenvalue weighted by atomic mass is 9.61. The number of Topliss-reactive ketones (excluding diaryl/α,β-unsaturated/α-hetero) is 1. The normalized spacial score (nSPS) is 46.5. The van der Waals surface area contributed by atoms with E-state index in [0.29, 0.717) is 17.6 Å². The summed E-state index contributed by atoms with van der Waals surface area (Å²) in [4.78, 5) is 24.1. The first kappa shape index (κ1) is 16.7. The van der Waals surface area contributed by atoms with Crippen molar-refractivity contribution in [3.63, 3.8) is 0 Å². The predicted octanol–water partition coefficient (Wildman–Crippen LogP) is 4.31. The molecule has 22 heavy (non-hydrogen) atoms. The second-order valence-corrected chi connectivity index (χ2v) is 9.89. The first-order chi connectivity index (χ1) is 10.3. The molecule has 0 aromatic carbocycles. The van der Waals surface area contributed by atoms with Gasteiger partial charge in [0.25, 0.3) is 0 Å². The number of hydrogen-bond acceptors (Lipinski definition) is 3. The van der Waals surface area contributed by atoms with Crippen molar-refractivity contribution < 1.29 is 14.3 Å². The zero-order valence-electron chi connectivity index (χ0n) is 13.9. The Hall–Kier alpha value is -0.130. The minimum Gasteiger partial charge on any atom is -0.462 e. The van der Waals surface area contributed by atoms with Crippen molar-refractivity contribution in [2.75, 3.05) is 0 Å². The van der Waals surface area contributed by atoms with Crippen molar-refractivity contribution in [1.82, 2.24) is 0 Å². The fraction of sp³-hybridized carbons (Fsp3) is 0.889. The topological polar surface area (TPSA) is 43.4 Å². The van der Waals surface area contributed by atoms with Crippen molar-refractivity contribution in [3.05, 3.63) is 0 Å². The lowest BCUT2D eigenvalue weighted by Crippen LogP contribution is -2.50. The van der Waals surface area contributed by atoms with E-state index in [1.165, 1.54) is 0 Å². The van der Waals surface area contributed by atoms with Crippen molar-refractivity contribution in [2.45, 2.75) is 75.2 Å². The molecule has 0 unspecified atom stereocenters. The number of alkyl halides is 1. The average molecular weight is 418 g/mol. The third kappa shape index (κ3) is 2.44. The fourth-order valence-electron chi connectivity index (χ4n) is 5.36. The molecule has 3 aliphatic rings. The van der Waals surface area contributed by atoms with Gasteiger partial charge in [0, 0.05) is 6.42 Å². The van der Waals surface area contributed by atoms with Crippen LogP contribution in [0.3, 0.4) is 0 Å². The summed E-state index contributed by atoms with van der Waals surface area (Å²) in [5.41, 5.74) is 0.122. The highest BCUT2D eigenvalue weighted by atomic mass is 127. The van der Waals surface area contributed by atoms with Gasteiger partial charge in [0.2, 0.25) is 0 Å². The Labute approximate surface area is 147 Å². The summed E-state index contributed by atoms with van der Waals surface area (Å²) in [6.07, 6.45) is 7.04. The zero-order valence-corrected chi connectivity index (χ0v) is 16.0. The van der Waals surface area contributed by atoms with Gasteiger partial charge in [0.05, 0.1) is 9.34 Å². The molecule has 1 heterocycles. The SMILES string of the molecule is C[C@H](C[C@H]1C[C@H](C)C(=O)O1)[C@H]1CC[C@@]2(I)C(=O)CCC[C@]12C. The predicted molar refractivity (Wildman–Crippen MR) is 93.9 cm³/mol. The molecular weight excluding hydrogens is 391 g/mol. The molecule has 1 saturated heterocycles. The van der Waals surface area contributed by atoms with Gasteiger partial charge in [-0.05, 0) is 55.8 Å². The lowest BCUT2D eigenvalue weighted by Gasteiger charge is -2.47. The van der Waals surface area contributed by atoms with E-state index < -0.39 is 0 Å². The number of rotatable bonds is 3. The molecule has 0 bridgehead atoms. The molecule has 0 aromatic heterocycles. The van der Waals surface area contributed by atoms with Crippen molar-refractivity contribution in [1.29, 1.82) is 0 Å². The Morgan fingerprint density at radius 2 is 2.09 bits per heavy atom. The van der Waals surface area contributed by atoms with Gasteiger partial charge >= 0.3 is 5.97 Å². The minimum absolute atomic E-state index is 0.0362. The van der Waals surface area contributed by atoms with E-state index >= 15 is 0 Å². The largest absolute Gasteiger partial charge is 0.462 e. The van der Waals surface area contributed by atoms with Crippen LogP contribution in [0.2, 0.25) is 0 Å². The number of carbonyl (C=O) groups excluding carboxylic acids is 2. The summed E-state index contributed by atoms with van der Waals surface area (Å²) in [7, 11) is 0. The number of hydrogen-bond donors (Lipinski definition) is 0. The summed E-state index contributed by atoms with van der Waals surface area (Å²) in [5.74, 6) is 1.57. The molecule has 4 heteroatoms. The monoisotopic (exact) mass is 418 g/mol. The molecule has 0 radical (unpaired) electrons. The highest BCUT2D eigenvalue weighted by Crippen LogP contribution is 2.63. The highest BCUT2D eigenvalue weighted by molar-refractivity contribution is 14.1. The molecule has 0 aromatic rings. The molecule has 1 aliphatic heterocycles. The Bertz CT molecular complexity index is 491. The van der Waals surface area contributed by atoms with Gasteiger partial charge in [0.1, 0.15) is 11.9 Å². The maximum atomic E-state index is 12.5. The first-order valence-corrected chi connectivity index (χ1v) is 9.78. The van der Waals surface area contributed by atoms with Crippen LogP contribution in [0.25, 0.3) is 0 Å². The van der Waals surface area contributed by atoms with Crippen LogP contribution in [-0.2, 0) is 14.3 Å². The van der Waals surface area contributed by atoms with E-state index in [0.717, 1.165) is 44.9 Å². The van der Waals surface area contributed by atoms with Crippen LogP contribution in [-0.4, -0.2) is 21.3 Å². The molecule has 3 rings (SSSR count). The van der Waals surface area contributed by atoms with Crippen LogP contribution in [0, 0.1) is 23.2 Å². The van der Waals surface area contributed by atoms with Crippen LogP contribution in [0.15, 0.2) is 0 Å². The first-order valence-electron chi connectivity index (χ1n) is 8.70. The maximum absolute atomic E-state index is 12.5. The zero-order chi connectivity index (χ0) is 16.1. The number of halogens is 1. The van der Waals surface area contributed by atoms with Crippen LogP contribution < -0.4 is 0 Å². The molecule has 3 fully saturated rings. The van der Waals surface area contributed by atoms with E-state index in [1.807, 2.05) is 6.92 Å². The third-order valence-electron chi connectivity index (χ3n) is 6.69. The van der Waals surface area contributed by atoms with Gasteiger partial charge in [-0.3, -0.25) is 9.59 Å². The number of carbonyl (C=O) groups is 2. The Kier molecular flexibility index (Phi) is 4.37. The molecule has 0 spiro atoms. The lowest BCUT2D eigenvalue weighted by molar-refractivity contribution is -0.144. The Morgan fingerprint density at radius 1 is 1.36 bits per heavy atom. The van der Waals surface area contributed by atoms with Gasteiger partial charge < -0.3 is 4.74 Å². The van der Waals surface area contributed by atoms with Crippen LogP contribution >= 0.6 is 22.6 Å². The van der Waals surface area contributed by atoms with Gasteiger partial charge in [-0.1, -0.05) is 43.4 Å². The van der Waals surface area contributed by atoms with E-state index in [2.05, 4.69) is 36.4 Å². The maximum Gasteiger partial charge on any atom is 0.309 e. The van der Waals surface area contributed by atoms with Crippen LogP contribution in [0.5, 0.6) is 0 Å². The quantitative estimate of drug-likeness (QED) is 0.390. The molecule has 6 atom stereocenters. The van der Waals surface area contributed by atoms with E-state index in [-0.39, 0.29) is 26.8 Å². The third-order valence-corrected chi connectivity index (χ3v) is 9.06. The molecule has 2 aliphatic carbocycles. The van der Waals surface area contributed by atoms with Crippen LogP contribution in [0.4, 0.5) is 0 Å². The smallest absolute Gasteiger partial charge is 0.309 e. The van der Waals surface area contributed by atoms with Gasteiger partial charge in [-0.25, -0.2) is 0 Å². The molecule has 3 nitrogen and oxygen atoms in total. The van der Waals surface area contributed by atoms with E-state index in [4.69, 9.17) is 4.74 Å². The van der Waals surface area contributed by atoms with Crippen molar-refractivity contribution in [2.24, 2.45) is 23.2 Å². The number of ether oxygens (including phenoxy) is 1. The van der Waals surface area contributed by atoms with Crippen molar-refractivity contribution in [3.8, 4) is 0 Å². The number of cyclic esters (lactones) is 1. The summed E-state index contributed by atoms with van der Waals surface area (Å²) in [5, 5.41) is 0. The second-order valence-electron chi connectivity index (χ2n) is 8.05. The van der Waals surface area contributed by atoms with Crippen LogP contribution in [0.1, 0.15) is 65.7 Å². The number of fused-ring (bicyclic) bond motifs is 1. The standard InChI is InChI=1S/C18H27IO3/c1-11(9-13-10-12(2)16(21)22-13)14-6-8-18(19)15(20)5-4-7-17(14,18)3/h11-14H,4-10H2,1-3H3/t11-,12+,13+,14-,17-,18-/m1/s1. The Morgan fingerprint density at radius 3 is 2.73 bits per heavy atom. The molecule has 124 valence electrons. The summed E-state index contributed by atoms with van der Waals surface area (Å²) >= 11 is 2.47. The summed E-state index contributed by atoms with van der Waals surface area (Å²) in [6.45, 7) is 6.60. The molecule has 0 N–H and O–H groups in total. The molecule has 0 amide bonds. The summed E-state index contributed by atoms with van der Waals surface area (Å²) < 4.78 is 5.36. The van der Waals surface area contributed by atoms with Crippen molar-refractivity contribution >= 4 is 34.3 Å². The van der Waals surface area contributed by atoms with E-state index in [1.54, 1.807) is 0 Å². The van der Waals surface area contributed by atoms with Gasteiger partial charge in [-0.15, -0.1) is 0 Å². The van der Waals surface area contributed by atoms with E-state index in [9.17, 15) is 9.59 Å². The molecule has 2 saturated carbocycles. The number of esters is 1.